The first-order chi connectivity index (χ1) is 10.0. The van der Waals surface area contributed by atoms with E-state index in [9.17, 15) is 9.59 Å². The number of carbonyl (C=O) groups excluding carboxylic acids is 2. The summed E-state index contributed by atoms with van der Waals surface area (Å²) < 4.78 is 9.78. The molecule has 0 aliphatic heterocycles. The maximum Gasteiger partial charge on any atom is 0.316 e. The Balaban J connectivity index is 2.11. The van der Waals surface area contributed by atoms with Crippen molar-refractivity contribution in [2.24, 2.45) is 11.8 Å². The number of nitrogens with one attached hydrogen (secondary N) is 1. The second-order valence-electron chi connectivity index (χ2n) is 5.11. The van der Waals surface area contributed by atoms with E-state index in [2.05, 4.69) is 10.1 Å². The van der Waals surface area contributed by atoms with Crippen LogP contribution in [0.4, 0.5) is 5.69 Å². The summed E-state index contributed by atoms with van der Waals surface area (Å²) in [6, 6.07) is 7.44. The molecule has 0 heterocycles. The Morgan fingerprint density at radius 2 is 1.90 bits per heavy atom. The topological polar surface area (TPSA) is 64.6 Å². The minimum Gasteiger partial charge on any atom is -0.497 e. The molecule has 0 amide bonds. The molecule has 0 spiro atoms. The van der Waals surface area contributed by atoms with Crippen molar-refractivity contribution < 1.29 is 19.1 Å². The number of hydrogen-bond donors (Lipinski definition) is 1. The van der Waals surface area contributed by atoms with E-state index in [1.165, 1.54) is 13.2 Å². The van der Waals surface area contributed by atoms with Gasteiger partial charge in [0.05, 0.1) is 14.2 Å². The van der Waals surface area contributed by atoms with Gasteiger partial charge in [-0.25, -0.2) is 0 Å². The molecule has 5 nitrogen and oxygen atoms in total. The van der Waals surface area contributed by atoms with Gasteiger partial charge in [-0.2, -0.15) is 0 Å². The van der Waals surface area contributed by atoms with Gasteiger partial charge >= 0.3 is 5.97 Å². The van der Waals surface area contributed by atoms with E-state index in [-0.39, 0.29) is 11.7 Å². The largest absolute Gasteiger partial charge is 0.497 e. The zero-order chi connectivity index (χ0) is 15.4. The maximum absolute atomic E-state index is 12.1. The summed E-state index contributed by atoms with van der Waals surface area (Å²) in [7, 11) is 2.91. The summed E-state index contributed by atoms with van der Waals surface area (Å²) in [5.41, 5.74) is 1.68. The van der Waals surface area contributed by atoms with Crippen molar-refractivity contribution in [3.05, 3.63) is 36.0 Å². The van der Waals surface area contributed by atoms with Crippen LogP contribution in [0.15, 0.2) is 36.0 Å². The van der Waals surface area contributed by atoms with Gasteiger partial charge < -0.3 is 14.8 Å². The number of allylic oxidation sites excluding steroid dienone is 2. The molecular weight excluding hydrogens is 270 g/mol. The molecular formula is C16H19NO4. The molecule has 0 radical (unpaired) electrons. The number of carbonyl (C=O) groups is 2. The molecule has 2 atom stereocenters. The molecule has 0 saturated heterocycles. The van der Waals surface area contributed by atoms with Gasteiger partial charge in [0.25, 0.3) is 0 Å². The number of rotatable bonds is 4. The summed E-state index contributed by atoms with van der Waals surface area (Å²) in [6.45, 7) is 1.88. The summed E-state index contributed by atoms with van der Waals surface area (Å²) >= 11 is 0. The van der Waals surface area contributed by atoms with E-state index in [0.717, 1.165) is 17.1 Å². The predicted molar refractivity (Wildman–Crippen MR) is 79.0 cm³/mol. The highest BCUT2D eigenvalue weighted by atomic mass is 16.5. The van der Waals surface area contributed by atoms with Crippen molar-refractivity contribution in [3.8, 4) is 5.75 Å². The van der Waals surface area contributed by atoms with Crippen LogP contribution >= 0.6 is 0 Å². The van der Waals surface area contributed by atoms with Crippen LogP contribution in [-0.2, 0) is 14.3 Å². The summed E-state index contributed by atoms with van der Waals surface area (Å²) in [6.07, 6.45) is 2.11. The molecule has 0 unspecified atom stereocenters. The molecule has 1 aliphatic rings. The Bertz CT molecular complexity index is 562. The van der Waals surface area contributed by atoms with Crippen molar-refractivity contribution in [2.75, 3.05) is 19.5 Å². The SMILES string of the molecule is COC(=O)[C@@H]1C(=O)C=C(Nc2ccc(OC)cc2)C[C@H]1C. The van der Waals surface area contributed by atoms with E-state index in [0.29, 0.717) is 6.42 Å². The lowest BCUT2D eigenvalue weighted by Gasteiger charge is -2.26. The lowest BCUT2D eigenvalue weighted by Crippen LogP contribution is -2.34. The van der Waals surface area contributed by atoms with Crippen LogP contribution in [0.3, 0.4) is 0 Å². The molecule has 5 heteroatoms. The van der Waals surface area contributed by atoms with Crippen molar-refractivity contribution >= 4 is 17.4 Å². The predicted octanol–water partition coefficient (Wildman–Crippen LogP) is 2.39. The molecule has 2 rings (SSSR count). The first-order valence-corrected chi connectivity index (χ1v) is 6.78. The third-order valence-corrected chi connectivity index (χ3v) is 3.58. The second kappa shape index (κ2) is 6.43. The number of methoxy groups -OCH3 is 2. The molecule has 0 bridgehead atoms. The van der Waals surface area contributed by atoms with E-state index < -0.39 is 11.9 Å². The molecule has 0 saturated carbocycles. The van der Waals surface area contributed by atoms with Gasteiger partial charge in [0, 0.05) is 17.5 Å². The Kier molecular flexibility index (Phi) is 4.62. The van der Waals surface area contributed by atoms with Crippen molar-refractivity contribution in [1.82, 2.24) is 0 Å². The average Bonchev–Trinajstić information content (AvgIpc) is 2.47. The van der Waals surface area contributed by atoms with Crippen molar-refractivity contribution in [1.29, 1.82) is 0 Å². The lowest BCUT2D eigenvalue weighted by molar-refractivity contribution is -0.150. The van der Waals surface area contributed by atoms with Gasteiger partial charge in [0.1, 0.15) is 11.7 Å². The smallest absolute Gasteiger partial charge is 0.316 e. The summed E-state index contributed by atoms with van der Waals surface area (Å²) in [5.74, 6) is -0.690. The molecule has 112 valence electrons. The first kappa shape index (κ1) is 15.1. The molecule has 1 aromatic rings. The molecule has 1 aliphatic carbocycles. The Morgan fingerprint density at radius 1 is 1.24 bits per heavy atom. The van der Waals surface area contributed by atoms with E-state index in [4.69, 9.17) is 4.74 Å². The monoisotopic (exact) mass is 289 g/mol. The minimum atomic E-state index is -0.698. The van der Waals surface area contributed by atoms with E-state index in [1.54, 1.807) is 7.11 Å². The normalized spacial score (nSPS) is 21.5. The van der Waals surface area contributed by atoms with Gasteiger partial charge in [-0.05, 0) is 36.6 Å². The fourth-order valence-corrected chi connectivity index (χ4v) is 2.49. The summed E-state index contributed by atoms with van der Waals surface area (Å²) in [4.78, 5) is 23.7. The number of ketones is 1. The van der Waals surface area contributed by atoms with Gasteiger partial charge in [-0.15, -0.1) is 0 Å². The minimum absolute atomic E-state index is 0.0873. The number of benzene rings is 1. The molecule has 21 heavy (non-hydrogen) atoms. The maximum atomic E-state index is 12.1. The number of ether oxygens (including phenoxy) is 2. The van der Waals surface area contributed by atoms with Crippen LogP contribution in [0.1, 0.15) is 13.3 Å². The number of hydrogen-bond acceptors (Lipinski definition) is 5. The average molecular weight is 289 g/mol. The molecule has 1 N–H and O–H groups in total. The van der Waals surface area contributed by atoms with Crippen LogP contribution in [0.2, 0.25) is 0 Å². The van der Waals surface area contributed by atoms with E-state index in [1.807, 2.05) is 31.2 Å². The quantitative estimate of drug-likeness (QED) is 0.681. The fourth-order valence-electron chi connectivity index (χ4n) is 2.49. The van der Waals surface area contributed by atoms with Crippen LogP contribution in [0.25, 0.3) is 0 Å². The first-order valence-electron chi connectivity index (χ1n) is 6.78. The Labute approximate surface area is 123 Å². The fraction of sp³-hybridized carbons (Fsp3) is 0.375. The van der Waals surface area contributed by atoms with Crippen LogP contribution < -0.4 is 10.1 Å². The van der Waals surface area contributed by atoms with Crippen LogP contribution in [-0.4, -0.2) is 26.0 Å². The number of esters is 1. The second-order valence-corrected chi connectivity index (χ2v) is 5.11. The third kappa shape index (κ3) is 3.42. The van der Waals surface area contributed by atoms with Gasteiger partial charge in [0.15, 0.2) is 5.78 Å². The molecule has 0 aromatic heterocycles. The molecule has 1 aromatic carbocycles. The Morgan fingerprint density at radius 3 is 2.43 bits per heavy atom. The van der Waals surface area contributed by atoms with Gasteiger partial charge in [0.2, 0.25) is 0 Å². The zero-order valence-electron chi connectivity index (χ0n) is 12.4. The van der Waals surface area contributed by atoms with Gasteiger partial charge in [-0.3, -0.25) is 9.59 Å². The highest BCUT2D eigenvalue weighted by Crippen LogP contribution is 2.29. The van der Waals surface area contributed by atoms with Crippen molar-refractivity contribution in [3.63, 3.8) is 0 Å². The molecule has 0 fully saturated rings. The zero-order valence-corrected chi connectivity index (χ0v) is 12.4. The van der Waals surface area contributed by atoms with Crippen LogP contribution in [0, 0.1) is 11.8 Å². The highest BCUT2D eigenvalue weighted by molar-refractivity contribution is 6.06. The highest BCUT2D eigenvalue weighted by Gasteiger charge is 2.35. The van der Waals surface area contributed by atoms with Crippen molar-refractivity contribution in [2.45, 2.75) is 13.3 Å². The van der Waals surface area contributed by atoms with Crippen LogP contribution in [0.5, 0.6) is 5.75 Å². The third-order valence-electron chi connectivity index (χ3n) is 3.58. The number of anilines is 1. The van der Waals surface area contributed by atoms with Gasteiger partial charge in [-0.1, -0.05) is 6.92 Å². The van der Waals surface area contributed by atoms with E-state index >= 15 is 0 Å². The lowest BCUT2D eigenvalue weighted by atomic mass is 9.82. The standard InChI is InChI=1S/C16H19NO4/c1-10-8-12(9-14(18)15(10)16(19)21-3)17-11-4-6-13(20-2)7-5-11/h4-7,9-10,15,17H,8H2,1-3H3/t10-,15+/m1/s1. The Hall–Kier alpha value is -2.30. The summed E-state index contributed by atoms with van der Waals surface area (Å²) in [5, 5.41) is 3.20.